The topological polar surface area (TPSA) is 89.2 Å². The van der Waals surface area contributed by atoms with Crippen LogP contribution in [0, 0.1) is 23.2 Å². The van der Waals surface area contributed by atoms with E-state index in [-0.39, 0.29) is 0 Å². The summed E-state index contributed by atoms with van der Waals surface area (Å²) in [7, 11) is 0. The van der Waals surface area contributed by atoms with Crippen molar-refractivity contribution in [2.24, 2.45) is 11.8 Å². The first-order valence-corrected chi connectivity index (χ1v) is 9.33. The first-order chi connectivity index (χ1) is 12.8. The lowest BCUT2D eigenvalue weighted by molar-refractivity contribution is 0.172. The fourth-order valence-electron chi connectivity index (χ4n) is 4.41. The van der Waals surface area contributed by atoms with Crippen molar-refractivity contribution in [3.05, 3.63) is 36.0 Å². The molecule has 0 spiro atoms. The second-order valence-corrected chi connectivity index (χ2v) is 8.27. The number of rotatable bonds is 4. The highest BCUT2D eigenvalue weighted by molar-refractivity contribution is 5.95. The van der Waals surface area contributed by atoms with Gasteiger partial charge in [-0.3, -0.25) is 4.98 Å². The third-order valence-corrected chi connectivity index (χ3v) is 5.20. The molecule has 2 heterocycles. The fraction of sp³-hybridized carbons (Fsp3) is 0.476. The average Bonchev–Trinajstić information content (AvgIpc) is 2.58. The SMILES string of the molecule is C[C@H]1C[C@H](CC(C)(C)NC(=O)O)CN(c2ccc(C#N)c3ncccc23)C1. The zero-order valence-corrected chi connectivity index (χ0v) is 16.1. The molecule has 0 bridgehead atoms. The minimum absolute atomic E-state index is 0.387. The first kappa shape index (κ1) is 19.0. The second kappa shape index (κ2) is 7.43. The van der Waals surface area contributed by atoms with Gasteiger partial charge in [0.25, 0.3) is 0 Å². The zero-order chi connectivity index (χ0) is 19.6. The molecule has 1 amide bonds. The first-order valence-electron chi connectivity index (χ1n) is 9.33. The Morgan fingerprint density at radius 3 is 2.89 bits per heavy atom. The number of anilines is 1. The number of nitriles is 1. The van der Waals surface area contributed by atoms with Gasteiger partial charge >= 0.3 is 6.09 Å². The number of carbonyl (C=O) groups is 1. The zero-order valence-electron chi connectivity index (χ0n) is 16.1. The summed E-state index contributed by atoms with van der Waals surface area (Å²) in [5, 5.41) is 22.1. The van der Waals surface area contributed by atoms with Crippen LogP contribution >= 0.6 is 0 Å². The predicted octanol–water partition coefficient (Wildman–Crippen LogP) is 4.01. The summed E-state index contributed by atoms with van der Waals surface area (Å²) >= 11 is 0. The second-order valence-electron chi connectivity index (χ2n) is 8.27. The van der Waals surface area contributed by atoms with Crippen molar-refractivity contribution in [3.63, 3.8) is 0 Å². The van der Waals surface area contributed by atoms with Gasteiger partial charge in [-0.1, -0.05) is 6.92 Å². The molecule has 1 aromatic carbocycles. The third kappa shape index (κ3) is 4.30. The van der Waals surface area contributed by atoms with E-state index in [2.05, 4.69) is 28.2 Å². The predicted molar refractivity (Wildman–Crippen MR) is 106 cm³/mol. The van der Waals surface area contributed by atoms with Crippen molar-refractivity contribution in [3.8, 4) is 6.07 Å². The summed E-state index contributed by atoms with van der Waals surface area (Å²) in [4.78, 5) is 17.8. The molecule has 6 nitrogen and oxygen atoms in total. The summed E-state index contributed by atoms with van der Waals surface area (Å²) in [6, 6.07) is 9.99. The Balaban J connectivity index is 1.88. The molecular formula is C21H26N4O2. The van der Waals surface area contributed by atoms with E-state index in [0.717, 1.165) is 42.5 Å². The molecule has 6 heteroatoms. The van der Waals surface area contributed by atoms with Gasteiger partial charge in [-0.25, -0.2) is 4.79 Å². The Kier molecular flexibility index (Phi) is 5.22. The van der Waals surface area contributed by atoms with E-state index in [9.17, 15) is 10.1 Å². The van der Waals surface area contributed by atoms with Crippen molar-refractivity contribution in [1.82, 2.24) is 10.3 Å². The number of benzene rings is 1. The van der Waals surface area contributed by atoms with Gasteiger partial charge in [0.05, 0.1) is 11.1 Å². The Hall–Kier alpha value is -2.81. The molecular weight excluding hydrogens is 340 g/mol. The van der Waals surface area contributed by atoms with Gasteiger partial charge in [-0.15, -0.1) is 0 Å². The molecule has 3 rings (SSSR count). The van der Waals surface area contributed by atoms with Gasteiger partial charge in [0.15, 0.2) is 0 Å². The van der Waals surface area contributed by atoms with Crippen LogP contribution in [-0.2, 0) is 0 Å². The molecule has 1 aliphatic heterocycles. The molecule has 0 saturated carbocycles. The lowest BCUT2D eigenvalue weighted by Crippen LogP contribution is -2.48. The van der Waals surface area contributed by atoms with E-state index in [1.54, 1.807) is 6.20 Å². The van der Waals surface area contributed by atoms with Crippen LogP contribution < -0.4 is 10.2 Å². The van der Waals surface area contributed by atoms with Crippen LogP contribution in [0.5, 0.6) is 0 Å². The number of amides is 1. The standard InChI is InChI=1S/C21H26N4O2/c1-14-9-15(10-21(2,3)24-20(26)27)13-25(12-14)18-7-6-16(11-22)19-17(18)5-4-8-23-19/h4-8,14-15,24H,9-10,12-13H2,1-3H3,(H,26,27)/t14-,15+/m0/s1. The maximum Gasteiger partial charge on any atom is 0.405 e. The summed E-state index contributed by atoms with van der Waals surface area (Å²) in [5.41, 5.74) is 1.95. The third-order valence-electron chi connectivity index (χ3n) is 5.20. The molecule has 1 aliphatic rings. The largest absolute Gasteiger partial charge is 0.465 e. The average molecular weight is 366 g/mol. The Morgan fingerprint density at radius 2 is 2.19 bits per heavy atom. The highest BCUT2D eigenvalue weighted by Crippen LogP contribution is 2.35. The van der Waals surface area contributed by atoms with E-state index < -0.39 is 11.6 Å². The van der Waals surface area contributed by atoms with Gasteiger partial charge in [0.1, 0.15) is 6.07 Å². The van der Waals surface area contributed by atoms with E-state index in [1.165, 1.54) is 0 Å². The number of piperidine rings is 1. The lowest BCUT2D eigenvalue weighted by Gasteiger charge is -2.41. The van der Waals surface area contributed by atoms with Gasteiger partial charge in [0.2, 0.25) is 0 Å². The smallest absolute Gasteiger partial charge is 0.405 e. The number of pyridine rings is 1. The highest BCUT2D eigenvalue weighted by Gasteiger charge is 2.31. The molecule has 0 radical (unpaired) electrons. The molecule has 0 aliphatic carbocycles. The van der Waals surface area contributed by atoms with E-state index in [4.69, 9.17) is 5.11 Å². The molecule has 142 valence electrons. The lowest BCUT2D eigenvalue weighted by atomic mass is 9.81. The van der Waals surface area contributed by atoms with E-state index in [1.807, 2.05) is 38.1 Å². The van der Waals surface area contributed by atoms with Crippen molar-refractivity contribution in [2.75, 3.05) is 18.0 Å². The Bertz CT molecular complexity index is 887. The highest BCUT2D eigenvalue weighted by atomic mass is 16.4. The van der Waals surface area contributed by atoms with Gasteiger partial charge in [-0.2, -0.15) is 5.26 Å². The number of nitrogens with zero attached hydrogens (tertiary/aromatic N) is 3. The van der Waals surface area contributed by atoms with Crippen molar-refractivity contribution < 1.29 is 9.90 Å². The quantitative estimate of drug-likeness (QED) is 0.853. The van der Waals surface area contributed by atoms with Gasteiger partial charge in [0, 0.05) is 35.9 Å². The van der Waals surface area contributed by atoms with Gasteiger partial charge in [-0.05, 0) is 62.8 Å². The van der Waals surface area contributed by atoms with Crippen LogP contribution in [0.4, 0.5) is 10.5 Å². The van der Waals surface area contributed by atoms with Crippen LogP contribution in [0.15, 0.2) is 30.5 Å². The fourth-order valence-corrected chi connectivity index (χ4v) is 4.41. The van der Waals surface area contributed by atoms with E-state index >= 15 is 0 Å². The minimum Gasteiger partial charge on any atom is -0.465 e. The van der Waals surface area contributed by atoms with Gasteiger partial charge < -0.3 is 15.3 Å². The minimum atomic E-state index is -0.982. The summed E-state index contributed by atoms with van der Waals surface area (Å²) in [5.74, 6) is 0.893. The molecule has 1 fully saturated rings. The van der Waals surface area contributed by atoms with Crippen molar-refractivity contribution >= 4 is 22.7 Å². The molecule has 1 saturated heterocycles. The summed E-state index contributed by atoms with van der Waals surface area (Å²) in [6.45, 7) is 7.92. The van der Waals surface area contributed by atoms with Crippen LogP contribution in [-0.4, -0.2) is 34.8 Å². The Morgan fingerprint density at radius 1 is 1.41 bits per heavy atom. The summed E-state index contributed by atoms with van der Waals surface area (Å²) < 4.78 is 0. The molecule has 27 heavy (non-hydrogen) atoms. The van der Waals surface area contributed by atoms with Crippen LogP contribution in [0.2, 0.25) is 0 Å². The molecule has 1 aromatic heterocycles. The monoisotopic (exact) mass is 366 g/mol. The molecule has 2 atom stereocenters. The van der Waals surface area contributed by atoms with Crippen LogP contribution in [0.3, 0.4) is 0 Å². The van der Waals surface area contributed by atoms with Crippen LogP contribution in [0.1, 0.15) is 39.2 Å². The normalized spacial score (nSPS) is 20.3. The maximum absolute atomic E-state index is 11.1. The number of hydrogen-bond acceptors (Lipinski definition) is 4. The number of hydrogen-bond donors (Lipinski definition) is 2. The van der Waals surface area contributed by atoms with E-state index in [0.29, 0.717) is 17.4 Å². The number of fused-ring (bicyclic) bond motifs is 1. The Labute approximate surface area is 159 Å². The molecule has 2 aromatic rings. The van der Waals surface area contributed by atoms with Crippen LogP contribution in [0.25, 0.3) is 10.9 Å². The molecule has 2 N–H and O–H groups in total. The number of carboxylic acid groups (broad SMARTS) is 1. The molecule has 0 unspecified atom stereocenters. The number of aromatic nitrogens is 1. The maximum atomic E-state index is 11.1. The number of nitrogens with one attached hydrogen (secondary N) is 1. The summed E-state index contributed by atoms with van der Waals surface area (Å²) in [6.07, 6.45) is 2.60. The van der Waals surface area contributed by atoms with Crippen molar-refractivity contribution in [1.29, 1.82) is 5.26 Å². The van der Waals surface area contributed by atoms with Crippen molar-refractivity contribution in [2.45, 2.75) is 39.2 Å².